The molecule has 4 nitrogen and oxygen atoms in total. The first-order chi connectivity index (χ1) is 8.11. The van der Waals surface area contributed by atoms with Crippen LogP contribution in [0.2, 0.25) is 5.02 Å². The van der Waals surface area contributed by atoms with E-state index in [2.05, 4.69) is 5.10 Å². The highest BCUT2D eigenvalue weighted by Crippen LogP contribution is 2.24. The molecule has 2 aromatic rings. The number of hydrogen-bond donors (Lipinski definition) is 1. The Kier molecular flexibility index (Phi) is 3.36. The van der Waals surface area contributed by atoms with Crippen LogP contribution in [0.5, 0.6) is 0 Å². The third-order valence-corrected chi connectivity index (χ3v) is 2.73. The predicted octanol–water partition coefficient (Wildman–Crippen LogP) is 2.56. The van der Waals surface area contributed by atoms with Gasteiger partial charge in [-0.05, 0) is 31.2 Å². The monoisotopic (exact) mass is 251 g/mol. The van der Waals surface area contributed by atoms with Crippen molar-refractivity contribution >= 4 is 17.3 Å². The maximum Gasteiger partial charge on any atom is 0.0902 e. The Morgan fingerprint density at radius 2 is 2.18 bits per heavy atom. The van der Waals surface area contributed by atoms with Gasteiger partial charge in [-0.15, -0.1) is 0 Å². The molecule has 1 heterocycles. The topological polar surface area (TPSA) is 53.1 Å². The van der Waals surface area contributed by atoms with Crippen LogP contribution in [0.25, 0.3) is 5.69 Å². The highest BCUT2D eigenvalue weighted by atomic mass is 35.5. The minimum Gasteiger partial charge on any atom is -0.399 e. The first kappa shape index (κ1) is 12.0. The summed E-state index contributed by atoms with van der Waals surface area (Å²) in [6, 6.07) is 7.34. The van der Waals surface area contributed by atoms with Crippen LogP contribution in [-0.2, 0) is 11.3 Å². The highest BCUT2D eigenvalue weighted by Gasteiger charge is 2.09. The van der Waals surface area contributed by atoms with Crippen LogP contribution < -0.4 is 5.73 Å². The van der Waals surface area contributed by atoms with E-state index in [9.17, 15) is 0 Å². The minimum atomic E-state index is 0.487. The van der Waals surface area contributed by atoms with E-state index in [1.807, 2.05) is 19.1 Å². The molecule has 0 saturated carbocycles. The number of aryl methyl sites for hydroxylation is 1. The third-order valence-electron chi connectivity index (χ3n) is 2.43. The van der Waals surface area contributed by atoms with E-state index in [4.69, 9.17) is 22.1 Å². The maximum atomic E-state index is 6.15. The van der Waals surface area contributed by atoms with Crippen molar-refractivity contribution in [3.05, 3.63) is 40.7 Å². The number of rotatable bonds is 3. The minimum absolute atomic E-state index is 0.487. The van der Waals surface area contributed by atoms with Gasteiger partial charge in [-0.1, -0.05) is 11.6 Å². The largest absolute Gasteiger partial charge is 0.399 e. The van der Waals surface area contributed by atoms with Gasteiger partial charge in [0.1, 0.15) is 0 Å². The average Bonchev–Trinajstić information content (AvgIpc) is 2.60. The number of nitrogen functional groups attached to an aromatic ring is 1. The first-order valence-corrected chi connectivity index (χ1v) is 5.59. The van der Waals surface area contributed by atoms with Crippen LogP contribution in [0.15, 0.2) is 24.3 Å². The summed E-state index contributed by atoms with van der Waals surface area (Å²) in [6.45, 7) is 2.46. The van der Waals surface area contributed by atoms with Crippen molar-refractivity contribution < 1.29 is 4.74 Å². The van der Waals surface area contributed by atoms with Gasteiger partial charge in [-0.3, -0.25) is 0 Å². The lowest BCUT2D eigenvalue weighted by atomic mass is 10.3. The number of anilines is 1. The van der Waals surface area contributed by atoms with E-state index in [1.165, 1.54) is 0 Å². The van der Waals surface area contributed by atoms with Gasteiger partial charge in [-0.25, -0.2) is 4.68 Å². The second-order valence-corrected chi connectivity index (χ2v) is 4.24. The molecule has 0 spiro atoms. The number of aromatic nitrogens is 2. The lowest BCUT2D eigenvalue weighted by Crippen LogP contribution is -2.01. The summed E-state index contributed by atoms with van der Waals surface area (Å²) in [4.78, 5) is 0. The third kappa shape index (κ3) is 2.43. The Hall–Kier alpha value is -1.52. The zero-order valence-corrected chi connectivity index (χ0v) is 10.5. The molecule has 5 heteroatoms. The van der Waals surface area contributed by atoms with E-state index < -0.39 is 0 Å². The number of methoxy groups -OCH3 is 1. The van der Waals surface area contributed by atoms with E-state index in [-0.39, 0.29) is 0 Å². The molecule has 0 saturated heterocycles. The molecule has 1 aromatic heterocycles. The summed E-state index contributed by atoms with van der Waals surface area (Å²) in [5.41, 5.74) is 9.00. The summed E-state index contributed by atoms with van der Waals surface area (Å²) < 4.78 is 6.84. The van der Waals surface area contributed by atoms with E-state index >= 15 is 0 Å². The molecule has 0 radical (unpaired) electrons. The van der Waals surface area contributed by atoms with Crippen LogP contribution in [0, 0.1) is 6.92 Å². The summed E-state index contributed by atoms with van der Waals surface area (Å²) in [6.07, 6.45) is 0. The number of halogens is 1. The van der Waals surface area contributed by atoms with Crippen LogP contribution in [0.1, 0.15) is 11.4 Å². The Labute approximate surface area is 105 Å². The SMILES string of the molecule is COCc1cc(C)n(-c2ccc(N)cc2Cl)n1. The maximum absolute atomic E-state index is 6.15. The van der Waals surface area contributed by atoms with Crippen LogP contribution in [-0.4, -0.2) is 16.9 Å². The molecule has 0 fully saturated rings. The first-order valence-electron chi connectivity index (χ1n) is 5.21. The second kappa shape index (κ2) is 4.77. The molecule has 90 valence electrons. The Morgan fingerprint density at radius 3 is 2.82 bits per heavy atom. The smallest absolute Gasteiger partial charge is 0.0902 e. The Balaban J connectivity index is 2.45. The Morgan fingerprint density at radius 1 is 1.41 bits per heavy atom. The van der Waals surface area contributed by atoms with Gasteiger partial charge in [0.05, 0.1) is 23.0 Å². The van der Waals surface area contributed by atoms with Gasteiger partial charge in [0, 0.05) is 18.5 Å². The number of nitrogens with two attached hydrogens (primary N) is 1. The molecule has 0 bridgehead atoms. The van der Waals surface area contributed by atoms with E-state index in [1.54, 1.807) is 23.9 Å². The average molecular weight is 252 g/mol. The summed E-state index contributed by atoms with van der Waals surface area (Å²) in [5.74, 6) is 0. The van der Waals surface area contributed by atoms with Crippen LogP contribution >= 0.6 is 11.6 Å². The molecule has 0 amide bonds. The van der Waals surface area contributed by atoms with E-state index in [0.717, 1.165) is 17.1 Å². The van der Waals surface area contributed by atoms with E-state index in [0.29, 0.717) is 17.3 Å². The predicted molar refractivity (Wildman–Crippen MR) is 68.4 cm³/mol. The van der Waals surface area contributed by atoms with Crippen molar-refractivity contribution in [1.82, 2.24) is 9.78 Å². The van der Waals surface area contributed by atoms with Crippen molar-refractivity contribution in [3.63, 3.8) is 0 Å². The number of ether oxygens (including phenoxy) is 1. The fraction of sp³-hybridized carbons (Fsp3) is 0.250. The Bertz CT molecular complexity index is 537. The van der Waals surface area contributed by atoms with Crippen LogP contribution in [0.3, 0.4) is 0 Å². The molecular weight excluding hydrogens is 238 g/mol. The number of hydrogen-bond acceptors (Lipinski definition) is 3. The molecule has 0 unspecified atom stereocenters. The van der Waals surface area contributed by atoms with Crippen molar-refractivity contribution in [3.8, 4) is 5.69 Å². The van der Waals surface area contributed by atoms with Gasteiger partial charge in [0.25, 0.3) is 0 Å². The lowest BCUT2D eigenvalue weighted by molar-refractivity contribution is 0.181. The standard InChI is InChI=1S/C12H14ClN3O/c1-8-5-10(7-17-2)15-16(8)12-4-3-9(14)6-11(12)13/h3-6H,7,14H2,1-2H3. The normalized spacial score (nSPS) is 10.8. The van der Waals surface area contributed by atoms with Gasteiger partial charge in [0.15, 0.2) is 0 Å². The van der Waals surface area contributed by atoms with Gasteiger partial charge >= 0.3 is 0 Å². The van der Waals surface area contributed by atoms with Crippen molar-refractivity contribution in [2.45, 2.75) is 13.5 Å². The molecule has 2 N–H and O–H groups in total. The molecule has 2 rings (SSSR count). The zero-order valence-electron chi connectivity index (χ0n) is 9.77. The van der Waals surface area contributed by atoms with Crippen molar-refractivity contribution in [2.75, 3.05) is 12.8 Å². The fourth-order valence-corrected chi connectivity index (χ4v) is 1.96. The molecule has 1 aromatic carbocycles. The van der Waals surface area contributed by atoms with Gasteiger partial charge in [-0.2, -0.15) is 5.10 Å². The van der Waals surface area contributed by atoms with Crippen LogP contribution in [0.4, 0.5) is 5.69 Å². The summed E-state index contributed by atoms with van der Waals surface area (Å²) in [5, 5.41) is 5.01. The molecule has 17 heavy (non-hydrogen) atoms. The molecule has 0 atom stereocenters. The second-order valence-electron chi connectivity index (χ2n) is 3.83. The van der Waals surface area contributed by atoms with Crippen molar-refractivity contribution in [2.24, 2.45) is 0 Å². The van der Waals surface area contributed by atoms with Gasteiger partial charge < -0.3 is 10.5 Å². The quantitative estimate of drug-likeness (QED) is 0.853. The number of nitrogens with zero attached hydrogens (tertiary/aromatic N) is 2. The highest BCUT2D eigenvalue weighted by molar-refractivity contribution is 6.32. The fourth-order valence-electron chi connectivity index (χ4n) is 1.70. The number of benzene rings is 1. The molecule has 0 aliphatic rings. The zero-order chi connectivity index (χ0) is 12.4. The summed E-state index contributed by atoms with van der Waals surface area (Å²) >= 11 is 6.15. The van der Waals surface area contributed by atoms with Crippen molar-refractivity contribution in [1.29, 1.82) is 0 Å². The molecule has 0 aliphatic heterocycles. The summed E-state index contributed by atoms with van der Waals surface area (Å²) in [7, 11) is 1.64. The molecule has 0 aliphatic carbocycles. The van der Waals surface area contributed by atoms with Gasteiger partial charge in [0.2, 0.25) is 0 Å². The molecular formula is C12H14ClN3O. The lowest BCUT2D eigenvalue weighted by Gasteiger charge is -2.07.